The van der Waals surface area contributed by atoms with E-state index in [9.17, 15) is 9.59 Å². The van der Waals surface area contributed by atoms with Gasteiger partial charge >= 0.3 is 6.03 Å². The molecule has 0 spiro atoms. The molecule has 0 unspecified atom stereocenters. The van der Waals surface area contributed by atoms with Crippen molar-refractivity contribution in [2.75, 3.05) is 43.9 Å². The Morgan fingerprint density at radius 3 is 2.54 bits per heavy atom. The van der Waals surface area contributed by atoms with Gasteiger partial charge in [0.05, 0.1) is 5.92 Å². The number of benzene rings is 1. The Bertz CT molecular complexity index is 573. The smallest absolute Gasteiger partial charge is 0.321 e. The molecule has 1 fully saturated rings. The summed E-state index contributed by atoms with van der Waals surface area (Å²) in [6.07, 6.45) is 1.23. The SMILES string of the molecule is CNC(=O)[C@H](C)CN(C)C(=O)Nc1ccc(N2CC[C@@H](C)C2)cc1. The number of amides is 3. The molecular formula is C18H28N4O2. The van der Waals surface area contributed by atoms with E-state index in [4.69, 9.17) is 0 Å². The highest BCUT2D eigenvalue weighted by Crippen LogP contribution is 2.24. The lowest BCUT2D eigenvalue weighted by Crippen LogP contribution is -2.39. The normalized spacial score (nSPS) is 18.2. The van der Waals surface area contributed by atoms with Gasteiger partial charge in [0, 0.05) is 45.1 Å². The Kier molecular flexibility index (Phi) is 6.06. The first-order valence-electron chi connectivity index (χ1n) is 8.49. The molecule has 3 amide bonds. The third-order valence-electron chi connectivity index (χ3n) is 4.50. The van der Waals surface area contributed by atoms with Crippen molar-refractivity contribution in [1.82, 2.24) is 10.2 Å². The van der Waals surface area contributed by atoms with Crippen LogP contribution in [0.4, 0.5) is 16.2 Å². The summed E-state index contributed by atoms with van der Waals surface area (Å²) < 4.78 is 0. The summed E-state index contributed by atoms with van der Waals surface area (Å²) in [5.74, 6) is 0.421. The topological polar surface area (TPSA) is 64.7 Å². The predicted octanol–water partition coefficient (Wildman–Crippen LogP) is 2.38. The summed E-state index contributed by atoms with van der Waals surface area (Å²) in [7, 11) is 3.29. The van der Waals surface area contributed by atoms with Gasteiger partial charge in [-0.25, -0.2) is 4.79 Å². The lowest BCUT2D eigenvalue weighted by Gasteiger charge is -2.22. The number of nitrogens with zero attached hydrogens (tertiary/aromatic N) is 2. The van der Waals surface area contributed by atoms with Gasteiger partial charge in [0.1, 0.15) is 0 Å². The molecule has 1 heterocycles. The van der Waals surface area contributed by atoms with Crippen molar-refractivity contribution in [2.24, 2.45) is 11.8 Å². The van der Waals surface area contributed by atoms with Crippen molar-refractivity contribution < 1.29 is 9.59 Å². The van der Waals surface area contributed by atoms with Gasteiger partial charge in [-0.05, 0) is 36.6 Å². The first-order chi connectivity index (χ1) is 11.4. The maximum absolute atomic E-state index is 12.2. The van der Waals surface area contributed by atoms with Crippen molar-refractivity contribution in [1.29, 1.82) is 0 Å². The molecule has 1 aromatic rings. The molecular weight excluding hydrogens is 304 g/mol. The van der Waals surface area contributed by atoms with Crippen LogP contribution in [0.25, 0.3) is 0 Å². The van der Waals surface area contributed by atoms with E-state index in [0.29, 0.717) is 6.54 Å². The Morgan fingerprint density at radius 1 is 1.33 bits per heavy atom. The molecule has 0 aromatic heterocycles. The third kappa shape index (κ3) is 4.63. The fraction of sp³-hybridized carbons (Fsp3) is 0.556. The zero-order valence-corrected chi connectivity index (χ0v) is 15.0. The van der Waals surface area contributed by atoms with Gasteiger partial charge in [-0.1, -0.05) is 13.8 Å². The van der Waals surface area contributed by atoms with E-state index < -0.39 is 0 Å². The van der Waals surface area contributed by atoms with Gasteiger partial charge in [-0.2, -0.15) is 0 Å². The lowest BCUT2D eigenvalue weighted by molar-refractivity contribution is -0.124. The van der Waals surface area contributed by atoms with Crippen LogP contribution in [0.2, 0.25) is 0 Å². The average Bonchev–Trinajstić information content (AvgIpc) is 3.01. The van der Waals surface area contributed by atoms with Crippen LogP contribution >= 0.6 is 0 Å². The summed E-state index contributed by atoms with van der Waals surface area (Å²) >= 11 is 0. The molecule has 2 rings (SSSR count). The maximum atomic E-state index is 12.2. The fourth-order valence-electron chi connectivity index (χ4n) is 2.97. The van der Waals surface area contributed by atoms with E-state index >= 15 is 0 Å². The molecule has 6 nitrogen and oxygen atoms in total. The van der Waals surface area contributed by atoms with Crippen molar-refractivity contribution in [3.8, 4) is 0 Å². The second-order valence-electron chi connectivity index (χ2n) is 6.71. The van der Waals surface area contributed by atoms with Gasteiger partial charge in [-0.15, -0.1) is 0 Å². The maximum Gasteiger partial charge on any atom is 0.321 e. The number of rotatable bonds is 5. The standard InChI is InChI=1S/C18H28N4O2/c1-13-9-10-22(11-13)16-7-5-15(6-8-16)20-18(24)21(4)12-14(2)17(23)19-3/h5-8,13-14H,9-12H2,1-4H3,(H,19,23)(H,20,24)/t13-,14-/m1/s1. The molecule has 1 aliphatic heterocycles. The molecule has 0 aliphatic carbocycles. The Balaban J connectivity index is 1.88. The largest absolute Gasteiger partial charge is 0.371 e. The molecule has 0 radical (unpaired) electrons. The fourth-order valence-corrected chi connectivity index (χ4v) is 2.97. The third-order valence-corrected chi connectivity index (χ3v) is 4.50. The monoisotopic (exact) mass is 332 g/mol. The molecule has 0 bridgehead atoms. The van der Waals surface area contributed by atoms with E-state index in [2.05, 4.69) is 22.5 Å². The van der Waals surface area contributed by atoms with Gasteiger partial charge in [-0.3, -0.25) is 4.79 Å². The quantitative estimate of drug-likeness (QED) is 0.870. The van der Waals surface area contributed by atoms with Gasteiger partial charge in [0.2, 0.25) is 5.91 Å². The van der Waals surface area contributed by atoms with E-state index in [-0.39, 0.29) is 17.9 Å². The molecule has 1 saturated heterocycles. The Morgan fingerprint density at radius 2 is 2.00 bits per heavy atom. The van der Waals surface area contributed by atoms with Crippen LogP contribution in [0, 0.1) is 11.8 Å². The second kappa shape index (κ2) is 8.04. The zero-order valence-electron chi connectivity index (χ0n) is 15.0. The number of carbonyl (C=O) groups excluding carboxylic acids is 2. The minimum atomic E-state index is -0.245. The average molecular weight is 332 g/mol. The minimum Gasteiger partial charge on any atom is -0.371 e. The molecule has 1 aliphatic rings. The van der Waals surface area contributed by atoms with E-state index in [1.807, 2.05) is 24.3 Å². The van der Waals surface area contributed by atoms with Gasteiger partial charge in [0.25, 0.3) is 0 Å². The van der Waals surface area contributed by atoms with Crippen molar-refractivity contribution in [3.05, 3.63) is 24.3 Å². The van der Waals surface area contributed by atoms with E-state index in [1.165, 1.54) is 17.0 Å². The summed E-state index contributed by atoms with van der Waals surface area (Å²) in [5.41, 5.74) is 1.95. The first kappa shape index (κ1) is 18.1. The summed E-state index contributed by atoms with van der Waals surface area (Å²) in [6.45, 7) is 6.62. The highest BCUT2D eigenvalue weighted by molar-refractivity contribution is 5.89. The number of urea groups is 1. The second-order valence-corrected chi connectivity index (χ2v) is 6.71. The lowest BCUT2D eigenvalue weighted by atomic mass is 10.1. The van der Waals surface area contributed by atoms with Crippen molar-refractivity contribution >= 4 is 23.3 Å². The van der Waals surface area contributed by atoms with Crippen molar-refractivity contribution in [2.45, 2.75) is 20.3 Å². The minimum absolute atomic E-state index is 0.0705. The van der Waals surface area contributed by atoms with Crippen LogP contribution in [0.3, 0.4) is 0 Å². The molecule has 132 valence electrons. The molecule has 24 heavy (non-hydrogen) atoms. The highest BCUT2D eigenvalue weighted by Gasteiger charge is 2.19. The highest BCUT2D eigenvalue weighted by atomic mass is 16.2. The van der Waals surface area contributed by atoms with Gasteiger partial charge in [0.15, 0.2) is 0 Å². The zero-order chi connectivity index (χ0) is 17.7. The molecule has 2 atom stereocenters. The van der Waals surface area contributed by atoms with Crippen molar-refractivity contribution in [3.63, 3.8) is 0 Å². The molecule has 0 saturated carbocycles. The van der Waals surface area contributed by atoms with Crippen LogP contribution in [-0.2, 0) is 4.79 Å². The molecule has 6 heteroatoms. The van der Waals surface area contributed by atoms with Crippen LogP contribution in [0.1, 0.15) is 20.3 Å². The number of carbonyl (C=O) groups is 2. The molecule has 2 N–H and O–H groups in total. The predicted molar refractivity (Wildman–Crippen MR) is 97.3 cm³/mol. The van der Waals surface area contributed by atoms with E-state index in [1.54, 1.807) is 21.0 Å². The number of anilines is 2. The Labute approximate surface area is 144 Å². The summed E-state index contributed by atoms with van der Waals surface area (Å²) in [6, 6.07) is 7.72. The summed E-state index contributed by atoms with van der Waals surface area (Å²) in [5, 5.41) is 5.46. The van der Waals surface area contributed by atoms with Crippen LogP contribution < -0.4 is 15.5 Å². The van der Waals surface area contributed by atoms with Crippen LogP contribution in [0.5, 0.6) is 0 Å². The van der Waals surface area contributed by atoms with Gasteiger partial charge < -0.3 is 20.4 Å². The number of hydrogen-bond donors (Lipinski definition) is 2. The van der Waals surface area contributed by atoms with Crippen LogP contribution in [-0.4, -0.2) is 50.6 Å². The van der Waals surface area contributed by atoms with Crippen LogP contribution in [0.15, 0.2) is 24.3 Å². The number of hydrogen-bond acceptors (Lipinski definition) is 3. The Hall–Kier alpha value is -2.24. The first-order valence-corrected chi connectivity index (χ1v) is 8.49. The summed E-state index contributed by atoms with van der Waals surface area (Å²) in [4.78, 5) is 27.6. The van der Waals surface area contributed by atoms with E-state index in [0.717, 1.165) is 24.7 Å². The molecule has 1 aromatic carbocycles. The number of nitrogens with one attached hydrogen (secondary N) is 2.